The highest BCUT2D eigenvalue weighted by Gasteiger charge is 2.10. The summed E-state index contributed by atoms with van der Waals surface area (Å²) in [5.41, 5.74) is 1.90. The van der Waals surface area contributed by atoms with Crippen molar-refractivity contribution in [2.24, 2.45) is 0 Å². The van der Waals surface area contributed by atoms with Gasteiger partial charge in [-0.25, -0.2) is 9.97 Å². The fourth-order valence-electron chi connectivity index (χ4n) is 2.68. The first-order chi connectivity index (χ1) is 14.0. The smallest absolute Gasteiger partial charge is 0.274 e. The Hall–Kier alpha value is -3.61. The number of para-hydroxylation sites is 1. The summed E-state index contributed by atoms with van der Waals surface area (Å²) in [6.45, 7) is 4.40. The molecular weight excluding hydrogens is 368 g/mol. The molecule has 0 unspecified atom stereocenters. The van der Waals surface area contributed by atoms with Crippen LogP contribution < -0.4 is 20.1 Å². The molecule has 0 saturated carbocycles. The first-order valence-electron chi connectivity index (χ1n) is 9.32. The molecule has 0 fully saturated rings. The third kappa shape index (κ3) is 5.68. The van der Waals surface area contributed by atoms with Crippen LogP contribution in [-0.4, -0.2) is 29.1 Å². The van der Waals surface area contributed by atoms with Crippen LogP contribution in [-0.2, 0) is 6.54 Å². The molecule has 1 heterocycles. The van der Waals surface area contributed by atoms with E-state index >= 15 is 0 Å². The predicted molar refractivity (Wildman–Crippen MR) is 113 cm³/mol. The van der Waals surface area contributed by atoms with Crippen molar-refractivity contribution < 1.29 is 14.3 Å². The van der Waals surface area contributed by atoms with Crippen LogP contribution in [0.3, 0.4) is 0 Å². The molecule has 0 saturated heterocycles. The quantitative estimate of drug-likeness (QED) is 0.599. The van der Waals surface area contributed by atoms with Gasteiger partial charge in [0, 0.05) is 24.0 Å². The monoisotopic (exact) mass is 392 g/mol. The maximum Gasteiger partial charge on any atom is 0.274 e. The zero-order valence-electron chi connectivity index (χ0n) is 16.7. The van der Waals surface area contributed by atoms with Gasteiger partial charge in [-0.1, -0.05) is 18.2 Å². The standard InChI is InChI=1S/C22H24N4O3/c1-15(2)29-18-10-8-17(9-11-18)25-21(27)19-12-13-23-22(26-19)24-14-16-6-4-5-7-20(16)28-3/h4-13,15H,14H2,1-3H3,(H,25,27)(H,23,24,26). The number of anilines is 2. The number of aromatic nitrogens is 2. The Bertz CT molecular complexity index is 958. The molecule has 2 N–H and O–H groups in total. The topological polar surface area (TPSA) is 85.4 Å². The Balaban J connectivity index is 1.63. The number of nitrogens with zero attached hydrogens (tertiary/aromatic N) is 2. The van der Waals surface area contributed by atoms with Crippen molar-refractivity contribution in [2.75, 3.05) is 17.7 Å². The summed E-state index contributed by atoms with van der Waals surface area (Å²) in [6.07, 6.45) is 1.64. The Morgan fingerprint density at radius 1 is 1.07 bits per heavy atom. The van der Waals surface area contributed by atoms with Crippen LogP contribution >= 0.6 is 0 Å². The molecule has 1 aromatic heterocycles. The number of methoxy groups -OCH3 is 1. The fraction of sp³-hybridized carbons (Fsp3) is 0.227. The lowest BCUT2D eigenvalue weighted by atomic mass is 10.2. The Kier molecular flexibility index (Phi) is 6.63. The van der Waals surface area contributed by atoms with Crippen LogP contribution in [0.4, 0.5) is 11.6 Å². The van der Waals surface area contributed by atoms with Gasteiger partial charge >= 0.3 is 0 Å². The number of benzene rings is 2. The zero-order chi connectivity index (χ0) is 20.6. The normalized spacial score (nSPS) is 10.5. The van der Waals surface area contributed by atoms with E-state index in [1.165, 1.54) is 0 Å². The van der Waals surface area contributed by atoms with E-state index in [-0.39, 0.29) is 17.7 Å². The van der Waals surface area contributed by atoms with Crippen molar-refractivity contribution in [1.29, 1.82) is 0 Å². The van der Waals surface area contributed by atoms with Crippen LogP contribution in [0, 0.1) is 0 Å². The first kappa shape index (κ1) is 20.1. The molecule has 3 rings (SSSR count). The molecule has 2 aromatic carbocycles. The molecule has 0 bridgehead atoms. The largest absolute Gasteiger partial charge is 0.496 e. The number of carbonyl (C=O) groups is 1. The highest BCUT2D eigenvalue weighted by molar-refractivity contribution is 6.02. The maximum atomic E-state index is 12.5. The van der Waals surface area contributed by atoms with E-state index in [9.17, 15) is 4.79 Å². The molecule has 7 heteroatoms. The van der Waals surface area contributed by atoms with Crippen LogP contribution in [0.2, 0.25) is 0 Å². The molecule has 150 valence electrons. The first-order valence-corrected chi connectivity index (χ1v) is 9.32. The van der Waals surface area contributed by atoms with Gasteiger partial charge in [-0.05, 0) is 50.2 Å². The van der Waals surface area contributed by atoms with Crippen LogP contribution in [0.15, 0.2) is 60.8 Å². The van der Waals surface area contributed by atoms with Crippen molar-refractivity contribution in [3.05, 3.63) is 72.1 Å². The van der Waals surface area contributed by atoms with Crippen molar-refractivity contribution >= 4 is 17.5 Å². The molecule has 3 aromatic rings. The second-order valence-electron chi connectivity index (χ2n) is 6.58. The van der Waals surface area contributed by atoms with E-state index in [2.05, 4.69) is 20.6 Å². The SMILES string of the molecule is COc1ccccc1CNc1nccc(C(=O)Nc2ccc(OC(C)C)cc2)n1. The highest BCUT2D eigenvalue weighted by Crippen LogP contribution is 2.19. The minimum absolute atomic E-state index is 0.0956. The Morgan fingerprint density at radius 3 is 2.55 bits per heavy atom. The van der Waals surface area contributed by atoms with Gasteiger partial charge in [-0.15, -0.1) is 0 Å². The van der Waals surface area contributed by atoms with Crippen LogP contribution in [0.25, 0.3) is 0 Å². The lowest BCUT2D eigenvalue weighted by Crippen LogP contribution is -2.15. The second kappa shape index (κ2) is 9.54. The minimum atomic E-state index is -0.315. The van der Waals surface area contributed by atoms with Gasteiger partial charge < -0.3 is 20.1 Å². The van der Waals surface area contributed by atoms with E-state index in [1.807, 2.05) is 50.2 Å². The number of nitrogens with one attached hydrogen (secondary N) is 2. The van der Waals surface area contributed by atoms with Gasteiger partial charge in [-0.3, -0.25) is 4.79 Å². The van der Waals surface area contributed by atoms with E-state index in [4.69, 9.17) is 9.47 Å². The average molecular weight is 392 g/mol. The van der Waals surface area contributed by atoms with Gasteiger partial charge in [0.25, 0.3) is 5.91 Å². The van der Waals surface area contributed by atoms with Gasteiger partial charge in [0.1, 0.15) is 17.2 Å². The molecule has 0 aliphatic rings. The second-order valence-corrected chi connectivity index (χ2v) is 6.58. The summed E-state index contributed by atoms with van der Waals surface area (Å²) in [6, 6.07) is 16.5. The number of ether oxygens (including phenoxy) is 2. The summed E-state index contributed by atoms with van der Waals surface area (Å²) in [4.78, 5) is 21.0. The summed E-state index contributed by atoms with van der Waals surface area (Å²) >= 11 is 0. The summed E-state index contributed by atoms with van der Waals surface area (Å²) in [5.74, 6) is 1.58. The van der Waals surface area contributed by atoms with Crippen molar-refractivity contribution in [2.45, 2.75) is 26.5 Å². The number of hydrogen-bond donors (Lipinski definition) is 2. The molecule has 7 nitrogen and oxygen atoms in total. The minimum Gasteiger partial charge on any atom is -0.496 e. The van der Waals surface area contributed by atoms with Crippen molar-refractivity contribution in [3.63, 3.8) is 0 Å². The number of carbonyl (C=O) groups excluding carboxylic acids is 1. The molecule has 1 amide bonds. The van der Waals surface area contributed by atoms with E-state index < -0.39 is 0 Å². The highest BCUT2D eigenvalue weighted by atomic mass is 16.5. The fourth-order valence-corrected chi connectivity index (χ4v) is 2.68. The molecule has 0 spiro atoms. The molecule has 0 aliphatic heterocycles. The van der Waals surface area contributed by atoms with Crippen molar-refractivity contribution in [1.82, 2.24) is 9.97 Å². The molecule has 0 radical (unpaired) electrons. The Labute approximate surface area is 170 Å². The predicted octanol–water partition coefficient (Wildman–Crippen LogP) is 4.14. The average Bonchev–Trinajstić information content (AvgIpc) is 2.73. The zero-order valence-corrected chi connectivity index (χ0v) is 16.7. The summed E-state index contributed by atoms with van der Waals surface area (Å²) < 4.78 is 10.9. The number of hydrogen-bond acceptors (Lipinski definition) is 6. The van der Waals surface area contributed by atoms with Gasteiger partial charge in [0.15, 0.2) is 0 Å². The lowest BCUT2D eigenvalue weighted by molar-refractivity contribution is 0.102. The molecule has 0 atom stereocenters. The lowest BCUT2D eigenvalue weighted by Gasteiger charge is -2.11. The molecule has 0 aliphatic carbocycles. The van der Waals surface area contributed by atoms with Gasteiger partial charge in [-0.2, -0.15) is 0 Å². The van der Waals surface area contributed by atoms with E-state index in [0.29, 0.717) is 18.2 Å². The third-order valence-corrected chi connectivity index (χ3v) is 4.00. The number of rotatable bonds is 8. The molecular formula is C22H24N4O3. The van der Waals surface area contributed by atoms with Crippen LogP contribution in [0.1, 0.15) is 29.9 Å². The summed E-state index contributed by atoms with van der Waals surface area (Å²) in [5, 5.41) is 5.95. The van der Waals surface area contributed by atoms with Gasteiger partial charge in [0.05, 0.1) is 13.2 Å². The van der Waals surface area contributed by atoms with E-state index in [1.54, 1.807) is 31.5 Å². The molecule has 29 heavy (non-hydrogen) atoms. The summed E-state index contributed by atoms with van der Waals surface area (Å²) in [7, 11) is 1.63. The van der Waals surface area contributed by atoms with Crippen molar-refractivity contribution in [3.8, 4) is 11.5 Å². The van der Waals surface area contributed by atoms with E-state index in [0.717, 1.165) is 17.1 Å². The van der Waals surface area contributed by atoms with Crippen LogP contribution in [0.5, 0.6) is 11.5 Å². The third-order valence-electron chi connectivity index (χ3n) is 4.00. The van der Waals surface area contributed by atoms with Gasteiger partial charge in [0.2, 0.25) is 5.95 Å². The number of amides is 1. The maximum absolute atomic E-state index is 12.5. The Morgan fingerprint density at radius 2 is 1.83 bits per heavy atom.